The van der Waals surface area contributed by atoms with Gasteiger partial charge in [-0.1, -0.05) is 38.1 Å². The van der Waals surface area contributed by atoms with Gasteiger partial charge in [-0.05, 0) is 50.7 Å². The minimum absolute atomic E-state index is 0.156. The third kappa shape index (κ3) is 4.31. The van der Waals surface area contributed by atoms with Crippen molar-refractivity contribution in [3.63, 3.8) is 0 Å². The van der Waals surface area contributed by atoms with Crippen LogP contribution in [0.2, 0.25) is 0 Å². The standard InChI is InChI=1S/C19H31NO/c1-15(2)16-6-8-17(9-7-16)19(10-12-21-13-11-19)14-20-18(3,4)5/h6-9,15,20H,10-14H2,1-5H3. The van der Waals surface area contributed by atoms with Crippen molar-refractivity contribution in [3.05, 3.63) is 35.4 Å². The van der Waals surface area contributed by atoms with Crippen molar-refractivity contribution < 1.29 is 4.74 Å². The average Bonchev–Trinajstić information content (AvgIpc) is 2.45. The van der Waals surface area contributed by atoms with Gasteiger partial charge in [0.1, 0.15) is 0 Å². The van der Waals surface area contributed by atoms with E-state index in [2.05, 4.69) is 64.2 Å². The first-order valence-electron chi connectivity index (χ1n) is 8.26. The Kier molecular flexibility index (Phi) is 5.11. The Balaban J connectivity index is 2.22. The number of benzene rings is 1. The van der Waals surface area contributed by atoms with Crippen LogP contribution < -0.4 is 5.32 Å². The second kappa shape index (κ2) is 6.50. The normalized spacial score (nSPS) is 19.0. The van der Waals surface area contributed by atoms with Crippen LogP contribution in [0.1, 0.15) is 64.5 Å². The molecule has 2 rings (SSSR count). The van der Waals surface area contributed by atoms with E-state index in [-0.39, 0.29) is 11.0 Å². The number of rotatable bonds is 4. The Morgan fingerprint density at radius 2 is 1.67 bits per heavy atom. The van der Waals surface area contributed by atoms with Gasteiger partial charge in [0.05, 0.1) is 0 Å². The first-order valence-corrected chi connectivity index (χ1v) is 8.26. The molecule has 0 unspecified atom stereocenters. The van der Waals surface area contributed by atoms with Crippen LogP contribution in [0.25, 0.3) is 0 Å². The third-order valence-corrected chi connectivity index (χ3v) is 4.60. The Labute approximate surface area is 130 Å². The van der Waals surface area contributed by atoms with E-state index in [1.165, 1.54) is 11.1 Å². The van der Waals surface area contributed by atoms with E-state index in [4.69, 9.17) is 4.74 Å². The first kappa shape index (κ1) is 16.5. The van der Waals surface area contributed by atoms with Gasteiger partial charge in [0.15, 0.2) is 0 Å². The van der Waals surface area contributed by atoms with Crippen molar-refractivity contribution in [2.75, 3.05) is 19.8 Å². The van der Waals surface area contributed by atoms with Crippen molar-refractivity contribution in [2.45, 2.75) is 64.3 Å². The predicted octanol–water partition coefficient (Wildman–Crippen LogP) is 4.25. The Bertz CT molecular complexity index is 436. The molecule has 118 valence electrons. The van der Waals surface area contributed by atoms with E-state index in [0.29, 0.717) is 5.92 Å². The fourth-order valence-electron chi connectivity index (χ4n) is 2.99. The van der Waals surface area contributed by atoms with Crippen LogP contribution in [-0.4, -0.2) is 25.3 Å². The van der Waals surface area contributed by atoms with Crippen LogP contribution in [0.5, 0.6) is 0 Å². The van der Waals surface area contributed by atoms with Crippen molar-refractivity contribution in [1.82, 2.24) is 5.32 Å². The molecule has 1 aliphatic heterocycles. The molecule has 1 aromatic carbocycles. The topological polar surface area (TPSA) is 21.3 Å². The number of nitrogens with one attached hydrogen (secondary N) is 1. The minimum Gasteiger partial charge on any atom is -0.381 e. The van der Waals surface area contributed by atoms with E-state index in [1.54, 1.807) is 0 Å². The summed E-state index contributed by atoms with van der Waals surface area (Å²) in [6.45, 7) is 14.0. The Morgan fingerprint density at radius 1 is 1.10 bits per heavy atom. The van der Waals surface area contributed by atoms with E-state index in [1.807, 2.05) is 0 Å². The summed E-state index contributed by atoms with van der Waals surface area (Å²) in [6, 6.07) is 9.28. The molecule has 0 amide bonds. The third-order valence-electron chi connectivity index (χ3n) is 4.60. The highest BCUT2D eigenvalue weighted by molar-refractivity contribution is 5.31. The second-order valence-corrected chi connectivity index (χ2v) is 7.77. The predicted molar refractivity (Wildman–Crippen MR) is 90.0 cm³/mol. The van der Waals surface area contributed by atoms with Gasteiger partial charge in [-0.2, -0.15) is 0 Å². The van der Waals surface area contributed by atoms with Gasteiger partial charge in [0.2, 0.25) is 0 Å². The van der Waals surface area contributed by atoms with Gasteiger partial charge in [0.25, 0.3) is 0 Å². The van der Waals surface area contributed by atoms with Crippen molar-refractivity contribution in [2.24, 2.45) is 0 Å². The van der Waals surface area contributed by atoms with Crippen LogP contribution in [-0.2, 0) is 10.2 Å². The minimum atomic E-state index is 0.156. The van der Waals surface area contributed by atoms with Crippen LogP contribution >= 0.6 is 0 Å². The van der Waals surface area contributed by atoms with Crippen LogP contribution in [0.15, 0.2) is 24.3 Å². The first-order chi connectivity index (χ1) is 9.82. The number of hydrogen-bond donors (Lipinski definition) is 1. The molecule has 1 heterocycles. The molecule has 1 fully saturated rings. The van der Waals surface area contributed by atoms with Gasteiger partial charge < -0.3 is 10.1 Å². The number of ether oxygens (including phenoxy) is 1. The summed E-state index contributed by atoms with van der Waals surface area (Å²) in [7, 11) is 0. The molecule has 1 aromatic rings. The smallest absolute Gasteiger partial charge is 0.0475 e. The lowest BCUT2D eigenvalue weighted by molar-refractivity contribution is 0.0476. The molecule has 1 saturated heterocycles. The summed E-state index contributed by atoms with van der Waals surface area (Å²) in [5.74, 6) is 0.595. The fourth-order valence-corrected chi connectivity index (χ4v) is 2.99. The van der Waals surface area contributed by atoms with E-state index >= 15 is 0 Å². The molecule has 21 heavy (non-hydrogen) atoms. The zero-order chi connectivity index (χ0) is 15.5. The summed E-state index contributed by atoms with van der Waals surface area (Å²) in [5, 5.41) is 3.71. The van der Waals surface area contributed by atoms with Crippen LogP contribution in [0, 0.1) is 0 Å². The lowest BCUT2D eigenvalue weighted by Crippen LogP contribution is -2.48. The van der Waals surface area contributed by atoms with Crippen molar-refractivity contribution in [1.29, 1.82) is 0 Å². The van der Waals surface area contributed by atoms with Gasteiger partial charge >= 0.3 is 0 Å². The summed E-state index contributed by atoms with van der Waals surface area (Å²) in [6.07, 6.45) is 2.22. The molecule has 0 saturated carbocycles. The number of hydrogen-bond acceptors (Lipinski definition) is 2. The average molecular weight is 289 g/mol. The highest BCUT2D eigenvalue weighted by Crippen LogP contribution is 2.35. The maximum absolute atomic E-state index is 5.61. The quantitative estimate of drug-likeness (QED) is 0.895. The van der Waals surface area contributed by atoms with Crippen LogP contribution in [0.3, 0.4) is 0 Å². The van der Waals surface area contributed by atoms with Gasteiger partial charge in [0, 0.05) is 30.7 Å². The lowest BCUT2D eigenvalue weighted by Gasteiger charge is -2.40. The van der Waals surface area contributed by atoms with E-state index in [9.17, 15) is 0 Å². The van der Waals surface area contributed by atoms with Crippen molar-refractivity contribution >= 4 is 0 Å². The molecule has 0 aliphatic carbocycles. The monoisotopic (exact) mass is 289 g/mol. The molecule has 2 nitrogen and oxygen atoms in total. The highest BCUT2D eigenvalue weighted by atomic mass is 16.5. The molecule has 2 heteroatoms. The van der Waals surface area contributed by atoms with Crippen LogP contribution in [0.4, 0.5) is 0 Å². The summed E-state index contributed by atoms with van der Waals surface area (Å²) < 4.78 is 5.61. The SMILES string of the molecule is CC(C)c1ccc(C2(CNC(C)(C)C)CCOCC2)cc1. The molecular weight excluding hydrogens is 258 g/mol. The lowest BCUT2D eigenvalue weighted by atomic mass is 9.73. The summed E-state index contributed by atoms with van der Waals surface area (Å²) in [4.78, 5) is 0. The molecule has 0 aromatic heterocycles. The van der Waals surface area contributed by atoms with Gasteiger partial charge in [-0.25, -0.2) is 0 Å². The van der Waals surface area contributed by atoms with Gasteiger partial charge in [-0.15, -0.1) is 0 Å². The maximum Gasteiger partial charge on any atom is 0.0475 e. The summed E-state index contributed by atoms with van der Waals surface area (Å²) >= 11 is 0. The molecule has 0 radical (unpaired) electrons. The molecule has 1 aliphatic rings. The second-order valence-electron chi connectivity index (χ2n) is 7.77. The van der Waals surface area contributed by atoms with E-state index in [0.717, 1.165) is 32.6 Å². The molecule has 0 spiro atoms. The molecule has 0 bridgehead atoms. The maximum atomic E-state index is 5.61. The largest absolute Gasteiger partial charge is 0.381 e. The van der Waals surface area contributed by atoms with E-state index < -0.39 is 0 Å². The Morgan fingerprint density at radius 3 is 2.14 bits per heavy atom. The summed E-state index contributed by atoms with van der Waals surface area (Å²) in [5.41, 5.74) is 3.27. The highest BCUT2D eigenvalue weighted by Gasteiger charge is 2.35. The molecular formula is C19H31NO. The zero-order valence-corrected chi connectivity index (χ0v) is 14.3. The molecule has 0 atom stereocenters. The Hall–Kier alpha value is -0.860. The van der Waals surface area contributed by atoms with Gasteiger partial charge in [-0.3, -0.25) is 0 Å². The van der Waals surface area contributed by atoms with Crippen molar-refractivity contribution in [3.8, 4) is 0 Å². The fraction of sp³-hybridized carbons (Fsp3) is 0.684. The molecule has 1 N–H and O–H groups in total. The zero-order valence-electron chi connectivity index (χ0n) is 14.3.